The second kappa shape index (κ2) is 4.57. The lowest BCUT2D eigenvalue weighted by Gasteiger charge is -2.11. The van der Waals surface area contributed by atoms with E-state index in [0.29, 0.717) is 11.6 Å². The van der Waals surface area contributed by atoms with Crippen LogP contribution in [0.2, 0.25) is 0 Å². The van der Waals surface area contributed by atoms with Crippen LogP contribution in [0.25, 0.3) is 10.9 Å². The lowest BCUT2D eigenvalue weighted by atomic mass is 10.2. The maximum Gasteiger partial charge on any atom is 0.267 e. The van der Waals surface area contributed by atoms with Crippen molar-refractivity contribution in [3.8, 4) is 0 Å². The number of nitrogens with one attached hydrogen (secondary N) is 2. The van der Waals surface area contributed by atoms with Gasteiger partial charge >= 0.3 is 0 Å². The first-order chi connectivity index (χ1) is 8.63. The first-order valence-corrected chi connectivity index (χ1v) is 7.30. The molecule has 0 saturated heterocycles. The molecule has 2 aromatic rings. The third kappa shape index (κ3) is 2.39. The molecular weight excluding hydrogens is 339 g/mol. The van der Waals surface area contributed by atoms with Crippen LogP contribution in [-0.2, 0) is 0 Å². The molecule has 18 heavy (non-hydrogen) atoms. The fourth-order valence-corrected chi connectivity index (χ4v) is 2.74. The Morgan fingerprint density at radius 3 is 2.94 bits per heavy atom. The molecule has 1 fully saturated rings. The van der Waals surface area contributed by atoms with Crippen molar-refractivity contribution in [1.29, 1.82) is 0 Å². The highest BCUT2D eigenvalue weighted by Crippen LogP contribution is 2.32. The van der Waals surface area contributed by atoms with Crippen LogP contribution in [0.5, 0.6) is 0 Å². The summed E-state index contributed by atoms with van der Waals surface area (Å²) in [7, 11) is 0. The zero-order chi connectivity index (χ0) is 12.7. The predicted molar refractivity (Wildman–Crippen MR) is 80.7 cm³/mol. The number of hydrogen-bond donors (Lipinski definition) is 2. The molecule has 0 radical (unpaired) electrons. The minimum atomic E-state index is 0.000563. The summed E-state index contributed by atoms with van der Waals surface area (Å²) < 4.78 is 1.18. The molecule has 1 atom stereocenters. The second-order valence-electron chi connectivity index (χ2n) is 5.01. The Morgan fingerprint density at radius 2 is 2.22 bits per heavy atom. The summed E-state index contributed by atoms with van der Waals surface area (Å²) in [5.41, 5.74) is 1.67. The molecule has 2 N–H and O–H groups in total. The molecule has 4 heteroatoms. The Bertz CT molecular complexity index is 601. The summed E-state index contributed by atoms with van der Waals surface area (Å²) in [5, 5.41) is 4.15. The van der Waals surface area contributed by atoms with Gasteiger partial charge in [0.2, 0.25) is 0 Å². The van der Waals surface area contributed by atoms with Crippen molar-refractivity contribution in [1.82, 2.24) is 10.3 Å². The van der Waals surface area contributed by atoms with Gasteiger partial charge in [-0.1, -0.05) is 0 Å². The van der Waals surface area contributed by atoms with Gasteiger partial charge in [0.25, 0.3) is 5.91 Å². The average molecular weight is 354 g/mol. The van der Waals surface area contributed by atoms with Crippen molar-refractivity contribution >= 4 is 39.4 Å². The van der Waals surface area contributed by atoms with Gasteiger partial charge in [-0.15, -0.1) is 0 Å². The van der Waals surface area contributed by atoms with E-state index in [9.17, 15) is 4.79 Å². The standard InChI is InChI=1S/C14H15IN2O/c1-8(9-2-3-9)16-14(18)13-7-10-6-11(15)4-5-12(10)17-13/h4-9,17H,2-3H2,1H3,(H,16,18). The molecule has 0 spiro atoms. The summed E-state index contributed by atoms with van der Waals surface area (Å²) >= 11 is 2.28. The third-order valence-electron chi connectivity index (χ3n) is 3.52. The van der Waals surface area contributed by atoms with E-state index >= 15 is 0 Å². The Labute approximate surface area is 119 Å². The van der Waals surface area contributed by atoms with Gasteiger partial charge in [0, 0.05) is 20.5 Å². The SMILES string of the molecule is CC(NC(=O)c1cc2cc(I)ccc2[nH]1)C1CC1. The van der Waals surface area contributed by atoms with E-state index in [0.717, 1.165) is 10.9 Å². The van der Waals surface area contributed by atoms with Crippen molar-refractivity contribution in [3.05, 3.63) is 33.5 Å². The Hall–Kier alpha value is -1.04. The number of amides is 1. The van der Waals surface area contributed by atoms with Crippen LogP contribution in [-0.4, -0.2) is 16.9 Å². The Balaban J connectivity index is 1.82. The molecule has 3 nitrogen and oxygen atoms in total. The van der Waals surface area contributed by atoms with Gasteiger partial charge in [-0.05, 0) is 72.5 Å². The average Bonchev–Trinajstić information content (AvgIpc) is 3.09. The van der Waals surface area contributed by atoms with Crippen molar-refractivity contribution in [2.75, 3.05) is 0 Å². The van der Waals surface area contributed by atoms with Crippen LogP contribution in [0.3, 0.4) is 0 Å². The van der Waals surface area contributed by atoms with Gasteiger partial charge in [0.1, 0.15) is 5.69 Å². The Morgan fingerprint density at radius 1 is 1.44 bits per heavy atom. The van der Waals surface area contributed by atoms with Gasteiger partial charge in [0.15, 0.2) is 0 Å². The van der Waals surface area contributed by atoms with Crippen LogP contribution in [0.4, 0.5) is 0 Å². The van der Waals surface area contributed by atoms with E-state index < -0.39 is 0 Å². The molecule has 1 aromatic carbocycles. The molecule has 1 aromatic heterocycles. The number of fused-ring (bicyclic) bond motifs is 1. The van der Waals surface area contributed by atoms with E-state index in [1.807, 2.05) is 18.2 Å². The minimum absolute atomic E-state index is 0.000563. The molecule has 1 heterocycles. The molecule has 1 aliphatic carbocycles. The maximum absolute atomic E-state index is 12.1. The summed E-state index contributed by atoms with van der Waals surface area (Å²) in [5.74, 6) is 0.680. The molecule has 3 rings (SSSR count). The van der Waals surface area contributed by atoms with Gasteiger partial charge in [-0.3, -0.25) is 4.79 Å². The lowest BCUT2D eigenvalue weighted by Crippen LogP contribution is -2.34. The van der Waals surface area contributed by atoms with Gasteiger partial charge in [-0.2, -0.15) is 0 Å². The normalized spacial score (nSPS) is 16.8. The van der Waals surface area contributed by atoms with Crippen LogP contribution >= 0.6 is 22.6 Å². The number of hydrogen-bond acceptors (Lipinski definition) is 1. The highest BCUT2D eigenvalue weighted by molar-refractivity contribution is 14.1. The van der Waals surface area contributed by atoms with Crippen LogP contribution in [0.15, 0.2) is 24.3 Å². The molecule has 1 amide bonds. The Kier molecular flexibility index (Phi) is 3.05. The molecule has 94 valence electrons. The number of aromatic nitrogens is 1. The first kappa shape index (κ1) is 12.0. The summed E-state index contributed by atoms with van der Waals surface area (Å²) in [6.45, 7) is 2.08. The molecular formula is C14H15IN2O. The number of carbonyl (C=O) groups is 1. The third-order valence-corrected chi connectivity index (χ3v) is 4.19. The fraction of sp³-hybridized carbons (Fsp3) is 0.357. The van der Waals surface area contributed by atoms with Gasteiger partial charge < -0.3 is 10.3 Å². The minimum Gasteiger partial charge on any atom is -0.351 e. The van der Waals surface area contributed by atoms with E-state index in [1.54, 1.807) is 0 Å². The van der Waals surface area contributed by atoms with Gasteiger partial charge in [0.05, 0.1) is 0 Å². The van der Waals surface area contributed by atoms with Crippen LogP contribution in [0.1, 0.15) is 30.3 Å². The zero-order valence-electron chi connectivity index (χ0n) is 10.2. The smallest absolute Gasteiger partial charge is 0.267 e. The number of carbonyl (C=O) groups excluding carboxylic acids is 1. The van der Waals surface area contributed by atoms with Crippen molar-refractivity contribution in [3.63, 3.8) is 0 Å². The fourth-order valence-electron chi connectivity index (χ4n) is 2.22. The summed E-state index contributed by atoms with van der Waals surface area (Å²) in [6, 6.07) is 8.33. The van der Waals surface area contributed by atoms with E-state index in [-0.39, 0.29) is 11.9 Å². The van der Waals surface area contributed by atoms with E-state index in [2.05, 4.69) is 45.9 Å². The number of rotatable bonds is 3. The number of benzene rings is 1. The van der Waals surface area contributed by atoms with E-state index in [1.165, 1.54) is 16.4 Å². The van der Waals surface area contributed by atoms with Crippen LogP contribution in [0, 0.1) is 9.49 Å². The highest BCUT2D eigenvalue weighted by Gasteiger charge is 2.29. The largest absolute Gasteiger partial charge is 0.351 e. The lowest BCUT2D eigenvalue weighted by molar-refractivity contribution is 0.0931. The highest BCUT2D eigenvalue weighted by atomic mass is 127. The van der Waals surface area contributed by atoms with Crippen molar-refractivity contribution < 1.29 is 4.79 Å². The predicted octanol–water partition coefficient (Wildman–Crippen LogP) is 3.30. The second-order valence-corrected chi connectivity index (χ2v) is 6.26. The number of halogens is 1. The maximum atomic E-state index is 12.1. The zero-order valence-corrected chi connectivity index (χ0v) is 12.3. The number of H-pyrrole nitrogens is 1. The molecule has 1 unspecified atom stereocenters. The van der Waals surface area contributed by atoms with Crippen LogP contribution < -0.4 is 5.32 Å². The topological polar surface area (TPSA) is 44.9 Å². The molecule has 1 aliphatic rings. The molecule has 0 bridgehead atoms. The first-order valence-electron chi connectivity index (χ1n) is 6.22. The number of aromatic amines is 1. The van der Waals surface area contributed by atoms with Gasteiger partial charge in [-0.25, -0.2) is 0 Å². The molecule has 0 aliphatic heterocycles. The van der Waals surface area contributed by atoms with Crippen molar-refractivity contribution in [2.24, 2.45) is 5.92 Å². The van der Waals surface area contributed by atoms with E-state index in [4.69, 9.17) is 0 Å². The monoisotopic (exact) mass is 354 g/mol. The summed E-state index contributed by atoms with van der Waals surface area (Å²) in [6.07, 6.45) is 2.48. The summed E-state index contributed by atoms with van der Waals surface area (Å²) in [4.78, 5) is 15.3. The molecule has 1 saturated carbocycles. The van der Waals surface area contributed by atoms with Crippen molar-refractivity contribution in [2.45, 2.75) is 25.8 Å². The quantitative estimate of drug-likeness (QED) is 0.817.